The third-order valence-corrected chi connectivity index (χ3v) is 6.99. The Morgan fingerprint density at radius 1 is 0.636 bits per heavy atom. The van der Waals surface area contributed by atoms with Crippen LogP contribution in [-0.4, -0.2) is 12.2 Å². The molecule has 5 aromatic rings. The minimum absolute atomic E-state index is 0.284. The lowest BCUT2D eigenvalue weighted by Crippen LogP contribution is -2.28. The van der Waals surface area contributed by atoms with Crippen molar-refractivity contribution in [1.82, 2.24) is 0 Å². The van der Waals surface area contributed by atoms with Crippen molar-refractivity contribution in [2.45, 2.75) is 12.3 Å². The molecule has 0 amide bonds. The van der Waals surface area contributed by atoms with Gasteiger partial charge < -0.3 is 9.84 Å². The largest absolute Gasteiger partial charge is 0.508 e. The smallest absolute Gasteiger partial charge is 0.119 e. The molecule has 1 unspecified atom stereocenters. The summed E-state index contributed by atoms with van der Waals surface area (Å²) in [6.45, 7) is 2.13. The van der Waals surface area contributed by atoms with E-state index in [4.69, 9.17) is 4.74 Å². The summed E-state index contributed by atoms with van der Waals surface area (Å²) in [4.78, 5) is 0. The fourth-order valence-electron chi connectivity index (χ4n) is 5.45. The number of phenols is 1. The highest BCUT2D eigenvalue weighted by Gasteiger charge is 2.46. The van der Waals surface area contributed by atoms with Gasteiger partial charge in [0.25, 0.3) is 0 Å². The monoisotopic (exact) mass is 428 g/mol. The maximum Gasteiger partial charge on any atom is 0.119 e. The molecule has 33 heavy (non-hydrogen) atoms. The van der Waals surface area contributed by atoms with Gasteiger partial charge in [-0.15, -0.1) is 0 Å². The number of fused-ring (bicyclic) bond motifs is 4. The number of rotatable bonds is 3. The quantitative estimate of drug-likeness (QED) is 0.322. The van der Waals surface area contributed by atoms with E-state index in [9.17, 15) is 5.11 Å². The number of methoxy groups -OCH3 is 1. The van der Waals surface area contributed by atoms with Crippen molar-refractivity contribution in [3.8, 4) is 22.6 Å². The predicted octanol–water partition coefficient (Wildman–Crippen LogP) is 7.23. The molecule has 6 rings (SSSR count). The van der Waals surface area contributed by atoms with Gasteiger partial charge in [0.05, 0.1) is 12.5 Å². The van der Waals surface area contributed by atoms with Crippen LogP contribution in [0.1, 0.15) is 27.8 Å². The van der Waals surface area contributed by atoms with Crippen molar-refractivity contribution < 1.29 is 9.84 Å². The highest BCUT2D eigenvalue weighted by molar-refractivity contribution is 5.90. The fourth-order valence-corrected chi connectivity index (χ4v) is 5.45. The molecule has 2 heteroatoms. The van der Waals surface area contributed by atoms with Crippen LogP contribution in [0.15, 0.2) is 103 Å². The first-order valence-electron chi connectivity index (χ1n) is 11.2. The average Bonchev–Trinajstić information content (AvgIpc) is 3.15. The van der Waals surface area contributed by atoms with Gasteiger partial charge in [0.2, 0.25) is 0 Å². The van der Waals surface area contributed by atoms with Crippen LogP contribution < -0.4 is 4.74 Å². The molecule has 160 valence electrons. The fraction of sp³-hybridized carbons (Fsp3) is 0.0968. The van der Waals surface area contributed by atoms with Crippen molar-refractivity contribution in [1.29, 1.82) is 0 Å². The van der Waals surface area contributed by atoms with Crippen LogP contribution in [0.2, 0.25) is 0 Å². The van der Waals surface area contributed by atoms with E-state index in [2.05, 4.69) is 91.9 Å². The van der Waals surface area contributed by atoms with Gasteiger partial charge >= 0.3 is 0 Å². The number of aromatic hydroxyl groups is 1. The normalized spacial score (nSPS) is 16.4. The average molecular weight is 429 g/mol. The lowest BCUT2D eigenvalue weighted by atomic mass is 9.67. The number of ether oxygens (including phenoxy) is 1. The van der Waals surface area contributed by atoms with E-state index < -0.39 is 5.41 Å². The lowest BCUT2D eigenvalue weighted by Gasteiger charge is -2.34. The van der Waals surface area contributed by atoms with Gasteiger partial charge in [0.15, 0.2) is 0 Å². The Balaban J connectivity index is 1.75. The first-order valence-corrected chi connectivity index (χ1v) is 11.2. The molecule has 1 aliphatic rings. The predicted molar refractivity (Wildman–Crippen MR) is 134 cm³/mol. The number of aryl methyl sites for hydroxylation is 1. The molecule has 0 aromatic heterocycles. The van der Waals surface area contributed by atoms with Crippen molar-refractivity contribution in [3.63, 3.8) is 0 Å². The molecule has 0 aliphatic heterocycles. The molecule has 0 saturated carbocycles. The van der Waals surface area contributed by atoms with Crippen LogP contribution >= 0.6 is 0 Å². The highest BCUT2D eigenvalue weighted by atomic mass is 16.5. The second kappa shape index (κ2) is 7.25. The molecule has 0 spiro atoms. The van der Waals surface area contributed by atoms with E-state index >= 15 is 0 Å². The summed E-state index contributed by atoms with van der Waals surface area (Å²) in [7, 11) is 1.72. The van der Waals surface area contributed by atoms with E-state index in [1.807, 2.05) is 12.1 Å². The molecule has 1 aliphatic carbocycles. The topological polar surface area (TPSA) is 29.5 Å². The summed E-state index contributed by atoms with van der Waals surface area (Å²) < 4.78 is 5.59. The Morgan fingerprint density at radius 3 is 2.15 bits per heavy atom. The van der Waals surface area contributed by atoms with Gasteiger partial charge in [-0.25, -0.2) is 0 Å². The third-order valence-electron chi connectivity index (χ3n) is 6.99. The summed E-state index contributed by atoms with van der Waals surface area (Å²) in [5, 5.41) is 12.1. The molecule has 2 nitrogen and oxygen atoms in total. The second-order valence-electron chi connectivity index (χ2n) is 8.82. The molecule has 0 heterocycles. The number of hydrogen-bond acceptors (Lipinski definition) is 2. The molecule has 0 fully saturated rings. The lowest BCUT2D eigenvalue weighted by molar-refractivity contribution is 0.415. The Kier molecular flexibility index (Phi) is 4.31. The van der Waals surface area contributed by atoms with Gasteiger partial charge in [-0.05, 0) is 81.4 Å². The van der Waals surface area contributed by atoms with E-state index in [1.165, 1.54) is 38.9 Å². The minimum Gasteiger partial charge on any atom is -0.508 e. The molecule has 0 radical (unpaired) electrons. The van der Waals surface area contributed by atoms with E-state index in [-0.39, 0.29) is 5.75 Å². The highest BCUT2D eigenvalue weighted by Crippen LogP contribution is 2.56. The molecule has 0 saturated heterocycles. The number of hydrogen-bond donors (Lipinski definition) is 1. The maximum atomic E-state index is 9.96. The van der Waals surface area contributed by atoms with Gasteiger partial charge in [-0.3, -0.25) is 0 Å². The SMILES string of the molecule is COc1ccc2c(c1)-c1ccccc1C2(c1ccc(C)cc1)c1ccc2cc(O)ccc2c1. The van der Waals surface area contributed by atoms with Crippen LogP contribution in [0, 0.1) is 6.92 Å². The van der Waals surface area contributed by atoms with Crippen molar-refractivity contribution in [2.24, 2.45) is 0 Å². The minimum atomic E-state index is -0.446. The van der Waals surface area contributed by atoms with E-state index in [1.54, 1.807) is 13.2 Å². The summed E-state index contributed by atoms with van der Waals surface area (Å²) in [5.41, 5.74) is 8.21. The summed E-state index contributed by atoms with van der Waals surface area (Å²) >= 11 is 0. The van der Waals surface area contributed by atoms with Crippen LogP contribution in [0.25, 0.3) is 21.9 Å². The van der Waals surface area contributed by atoms with E-state index in [0.29, 0.717) is 0 Å². The third kappa shape index (κ3) is 2.81. The molecule has 1 atom stereocenters. The second-order valence-corrected chi connectivity index (χ2v) is 8.82. The Bertz CT molecular complexity index is 1510. The standard InChI is InChI=1S/C31H24O2/c1-20-7-11-23(12-8-20)31(24-13-9-22-18-25(32)14-10-21(22)17-24)29-6-4-3-5-27(29)28-19-26(33-2)15-16-30(28)31/h3-19,32H,1-2H3. The van der Waals surface area contributed by atoms with Crippen LogP contribution in [0.4, 0.5) is 0 Å². The van der Waals surface area contributed by atoms with Gasteiger partial charge in [0, 0.05) is 0 Å². The van der Waals surface area contributed by atoms with Gasteiger partial charge in [-0.2, -0.15) is 0 Å². The van der Waals surface area contributed by atoms with Gasteiger partial charge in [0.1, 0.15) is 11.5 Å². The summed E-state index contributed by atoms with van der Waals surface area (Å²) in [6.07, 6.45) is 0. The molecular formula is C31H24O2. The van der Waals surface area contributed by atoms with E-state index in [0.717, 1.165) is 16.5 Å². The van der Waals surface area contributed by atoms with Crippen molar-refractivity contribution in [2.75, 3.05) is 7.11 Å². The van der Waals surface area contributed by atoms with Crippen LogP contribution in [0.3, 0.4) is 0 Å². The Labute approximate surface area is 193 Å². The Morgan fingerprint density at radius 2 is 1.33 bits per heavy atom. The first-order chi connectivity index (χ1) is 16.1. The molecule has 1 N–H and O–H groups in total. The zero-order valence-corrected chi connectivity index (χ0v) is 18.7. The first kappa shape index (κ1) is 19.6. The van der Waals surface area contributed by atoms with Crippen LogP contribution in [0.5, 0.6) is 11.5 Å². The summed E-state index contributed by atoms with van der Waals surface area (Å²) in [6, 6.07) is 36.2. The molecule has 0 bridgehead atoms. The van der Waals surface area contributed by atoms with Gasteiger partial charge in [-0.1, -0.05) is 78.4 Å². The maximum absolute atomic E-state index is 9.96. The zero-order valence-electron chi connectivity index (χ0n) is 18.7. The molecule has 5 aromatic carbocycles. The summed E-state index contributed by atoms with van der Waals surface area (Å²) in [5.74, 6) is 1.14. The Hall–Kier alpha value is -4.04. The number of phenolic OH excluding ortho intramolecular Hbond substituents is 1. The zero-order chi connectivity index (χ0) is 22.6. The molecular weight excluding hydrogens is 404 g/mol. The number of benzene rings is 5. The van der Waals surface area contributed by atoms with Crippen molar-refractivity contribution >= 4 is 10.8 Å². The van der Waals surface area contributed by atoms with Crippen molar-refractivity contribution in [3.05, 3.63) is 131 Å². The van der Waals surface area contributed by atoms with Crippen LogP contribution in [-0.2, 0) is 5.41 Å².